The fraction of sp³-hybridized carbons (Fsp3) is 0.182. The van der Waals surface area contributed by atoms with Gasteiger partial charge in [-0.1, -0.05) is 24.3 Å². The molecule has 0 unspecified atom stereocenters. The zero-order valence-corrected chi connectivity index (χ0v) is 15.7. The zero-order chi connectivity index (χ0) is 18.0. The van der Waals surface area contributed by atoms with E-state index in [1.807, 2.05) is 0 Å². The number of benzene rings is 2. The number of aryl methyl sites for hydroxylation is 3. The van der Waals surface area contributed by atoms with Crippen LogP contribution in [0.5, 0.6) is 11.5 Å². The summed E-state index contributed by atoms with van der Waals surface area (Å²) in [4.78, 5) is 4.62. The van der Waals surface area contributed by atoms with Gasteiger partial charge in [0, 0.05) is 11.6 Å². The Balaban J connectivity index is 2.00. The molecule has 0 fully saturated rings. The van der Waals surface area contributed by atoms with Gasteiger partial charge in [-0.15, -0.1) is 11.3 Å². The number of rotatable bonds is 1. The number of hydrogen-bond donors (Lipinski definition) is 0. The molecule has 0 N–H and O–H groups in total. The van der Waals surface area contributed by atoms with Gasteiger partial charge in [0.05, 0.1) is 10.3 Å². The van der Waals surface area contributed by atoms with Crippen molar-refractivity contribution in [1.82, 2.24) is 0 Å². The lowest BCUT2D eigenvalue weighted by Gasteiger charge is -2.22. The number of ether oxygens (including phenoxy) is 1. The van der Waals surface area contributed by atoms with Gasteiger partial charge in [0.15, 0.2) is 11.9 Å². The van der Waals surface area contributed by atoms with Crippen LogP contribution < -0.4 is 9.30 Å². The van der Waals surface area contributed by atoms with Crippen molar-refractivity contribution in [1.29, 1.82) is 0 Å². The molecule has 3 nitrogen and oxygen atoms in total. The normalized spacial score (nSPS) is 12.1. The van der Waals surface area contributed by atoms with Crippen molar-refractivity contribution in [2.24, 2.45) is 7.05 Å². The maximum absolute atomic E-state index is 7.30. The molecule has 0 atom stereocenters. The Hall–Kier alpha value is -2.90. The van der Waals surface area contributed by atoms with Gasteiger partial charge in [-0.3, -0.25) is 0 Å². The van der Waals surface area contributed by atoms with Crippen molar-refractivity contribution in [3.8, 4) is 22.8 Å². The second-order valence-corrected chi connectivity index (χ2v) is 7.92. The number of hydrogen-bond acceptors (Lipinski definition) is 2. The van der Waals surface area contributed by atoms with Gasteiger partial charge in [0.2, 0.25) is 5.69 Å². The van der Waals surface area contributed by atoms with Gasteiger partial charge >= 0.3 is 0 Å². The molecule has 0 spiro atoms. The molecule has 3 heterocycles. The summed E-state index contributed by atoms with van der Waals surface area (Å²) in [5.74, 6) is 1.80. The number of fused-ring (bicyclic) bond motifs is 3. The fourth-order valence-electron chi connectivity index (χ4n) is 4.11. The summed E-state index contributed by atoms with van der Waals surface area (Å²) in [7, 11) is 2.09. The molecule has 1 aliphatic rings. The third-order valence-corrected chi connectivity index (χ3v) is 6.46. The van der Waals surface area contributed by atoms with E-state index in [0.717, 1.165) is 27.3 Å². The highest BCUT2D eigenvalue weighted by Gasteiger charge is 2.35. The summed E-state index contributed by atoms with van der Waals surface area (Å²) >= 11 is 1.67. The summed E-state index contributed by atoms with van der Waals surface area (Å²) < 4.78 is 9.87. The first-order chi connectivity index (χ1) is 12.6. The van der Waals surface area contributed by atoms with Crippen LogP contribution >= 0.6 is 11.3 Å². The van der Waals surface area contributed by atoms with Crippen molar-refractivity contribution in [3.05, 3.63) is 63.9 Å². The quantitative estimate of drug-likeness (QED) is 0.278. The van der Waals surface area contributed by atoms with Gasteiger partial charge in [-0.05, 0) is 30.2 Å². The highest BCUT2D eigenvalue weighted by molar-refractivity contribution is 7.19. The molecule has 0 amide bonds. The first-order valence-corrected chi connectivity index (χ1v) is 9.40. The topological polar surface area (TPSA) is 17.5 Å². The minimum absolute atomic E-state index is 0.360. The van der Waals surface area contributed by atoms with E-state index in [4.69, 9.17) is 11.3 Å². The maximum atomic E-state index is 7.30. The van der Waals surface area contributed by atoms with E-state index in [1.165, 1.54) is 32.3 Å². The molecule has 2 aromatic heterocycles. The van der Waals surface area contributed by atoms with Crippen LogP contribution in [0.1, 0.15) is 16.0 Å². The van der Waals surface area contributed by atoms with E-state index in [2.05, 4.69) is 66.8 Å². The lowest BCUT2D eigenvalue weighted by molar-refractivity contribution is -0.659. The average Bonchev–Trinajstić information content (AvgIpc) is 3.00. The van der Waals surface area contributed by atoms with Crippen molar-refractivity contribution >= 4 is 32.2 Å². The third-order valence-electron chi connectivity index (χ3n) is 5.34. The molecule has 0 bridgehead atoms. The van der Waals surface area contributed by atoms with Gasteiger partial charge < -0.3 is 9.58 Å². The van der Waals surface area contributed by atoms with E-state index in [-0.39, 0.29) is 0 Å². The Kier molecular flexibility index (Phi) is 3.13. The van der Waals surface area contributed by atoms with Crippen LogP contribution in [0, 0.1) is 20.4 Å². The standard InChI is InChI=1S/C22H17N2OS/c1-12-14-7-5-6-8-15(14)13(2)21-18(12)20-19-16(9-10-24(20)4)26-17(11-23-3)22(19)25-21/h5-10H,11H2,1-2,4H3/q+1. The lowest BCUT2D eigenvalue weighted by Crippen LogP contribution is -2.31. The second kappa shape index (κ2) is 5.30. The number of nitrogens with zero attached hydrogens (tertiary/aromatic N) is 2. The number of aromatic nitrogens is 1. The smallest absolute Gasteiger partial charge is 0.252 e. The fourth-order valence-corrected chi connectivity index (χ4v) is 5.16. The Labute approximate surface area is 155 Å². The average molecular weight is 357 g/mol. The van der Waals surface area contributed by atoms with E-state index in [1.54, 1.807) is 11.3 Å². The third kappa shape index (κ3) is 1.84. The van der Waals surface area contributed by atoms with Gasteiger partial charge in [0.1, 0.15) is 23.1 Å². The minimum Gasteiger partial charge on any atom is -0.454 e. The number of thiophene rings is 1. The molecule has 2 aromatic carbocycles. The Morgan fingerprint density at radius 1 is 1.08 bits per heavy atom. The predicted octanol–water partition coefficient (Wildman–Crippen LogP) is 5.69. The first-order valence-electron chi connectivity index (χ1n) is 8.59. The van der Waals surface area contributed by atoms with E-state index < -0.39 is 0 Å². The van der Waals surface area contributed by atoms with Crippen LogP contribution in [0.25, 0.3) is 37.0 Å². The monoisotopic (exact) mass is 357 g/mol. The maximum Gasteiger partial charge on any atom is 0.252 e. The van der Waals surface area contributed by atoms with Crippen molar-refractivity contribution in [2.45, 2.75) is 20.4 Å². The molecule has 126 valence electrons. The molecular weight excluding hydrogens is 340 g/mol. The largest absolute Gasteiger partial charge is 0.454 e. The summed E-state index contributed by atoms with van der Waals surface area (Å²) in [6, 6.07) is 10.6. The van der Waals surface area contributed by atoms with Gasteiger partial charge in [-0.2, -0.15) is 0 Å². The van der Waals surface area contributed by atoms with Crippen LogP contribution in [-0.2, 0) is 13.6 Å². The Morgan fingerprint density at radius 2 is 1.81 bits per heavy atom. The lowest BCUT2D eigenvalue weighted by atomic mass is 9.90. The molecule has 0 saturated carbocycles. The first kappa shape index (κ1) is 15.4. The molecular formula is C22H17N2OS+. The van der Waals surface area contributed by atoms with Crippen molar-refractivity contribution in [2.75, 3.05) is 0 Å². The molecule has 1 aliphatic heterocycles. The van der Waals surface area contributed by atoms with E-state index in [9.17, 15) is 0 Å². The Bertz CT molecular complexity index is 1280. The highest BCUT2D eigenvalue weighted by atomic mass is 32.1. The molecule has 5 rings (SSSR count). The molecule has 4 aromatic rings. The van der Waals surface area contributed by atoms with Crippen molar-refractivity contribution in [3.63, 3.8) is 0 Å². The summed E-state index contributed by atoms with van der Waals surface area (Å²) in [6.07, 6.45) is 2.11. The van der Waals surface area contributed by atoms with Gasteiger partial charge in [0.25, 0.3) is 6.54 Å². The Morgan fingerprint density at radius 3 is 2.54 bits per heavy atom. The second-order valence-electron chi connectivity index (χ2n) is 6.79. The summed E-state index contributed by atoms with van der Waals surface area (Å²) in [5.41, 5.74) is 4.77. The van der Waals surface area contributed by atoms with Crippen molar-refractivity contribution < 1.29 is 9.30 Å². The van der Waals surface area contributed by atoms with Crippen LogP contribution in [0.2, 0.25) is 0 Å². The molecule has 26 heavy (non-hydrogen) atoms. The van der Waals surface area contributed by atoms with Gasteiger partial charge in [-0.25, -0.2) is 11.1 Å². The summed E-state index contributed by atoms with van der Waals surface area (Å²) in [6.45, 7) is 12.0. The zero-order valence-electron chi connectivity index (χ0n) is 14.9. The summed E-state index contributed by atoms with van der Waals surface area (Å²) in [5, 5.41) is 3.64. The highest BCUT2D eigenvalue weighted by Crippen LogP contribution is 2.53. The SMILES string of the molecule is [C-]#[N+]Cc1sc2cc[n+](C)c3c2c1Oc1c-3c(C)c2ccccc2c1C. The molecule has 0 aliphatic carbocycles. The van der Waals surface area contributed by atoms with Crippen LogP contribution in [-0.4, -0.2) is 0 Å². The minimum atomic E-state index is 0.360. The van der Waals surface area contributed by atoms with E-state index >= 15 is 0 Å². The van der Waals surface area contributed by atoms with Crippen LogP contribution in [0.3, 0.4) is 0 Å². The molecule has 4 heteroatoms. The van der Waals surface area contributed by atoms with Crippen LogP contribution in [0.4, 0.5) is 0 Å². The van der Waals surface area contributed by atoms with Crippen LogP contribution in [0.15, 0.2) is 36.5 Å². The molecule has 0 saturated heterocycles. The van der Waals surface area contributed by atoms with E-state index in [0.29, 0.717) is 6.54 Å². The number of pyridine rings is 1. The molecule has 0 radical (unpaired) electrons. The predicted molar refractivity (Wildman–Crippen MR) is 106 cm³/mol.